The number of nitriles is 1. The minimum atomic E-state index is -4.50. The Kier molecular flexibility index (Phi) is 5.22. The fourth-order valence-electron chi connectivity index (χ4n) is 2.29. The molecule has 0 unspecified atom stereocenters. The molecule has 0 saturated heterocycles. The maximum absolute atomic E-state index is 12.7. The van der Waals surface area contributed by atoms with Gasteiger partial charge in [0.25, 0.3) is 5.91 Å². The number of aromatic nitrogens is 2. The van der Waals surface area contributed by atoms with Crippen molar-refractivity contribution >= 4 is 23.1 Å². The van der Waals surface area contributed by atoms with E-state index in [0.29, 0.717) is 17.1 Å². The van der Waals surface area contributed by atoms with E-state index in [1.54, 1.807) is 24.3 Å². The van der Waals surface area contributed by atoms with Crippen molar-refractivity contribution in [3.63, 3.8) is 0 Å². The first-order chi connectivity index (χ1) is 13.3. The number of rotatable bonds is 4. The number of nitrogens with zero attached hydrogens (tertiary/aromatic N) is 3. The van der Waals surface area contributed by atoms with Crippen LogP contribution in [-0.2, 0) is 6.18 Å². The molecule has 1 aromatic heterocycles. The first kappa shape index (κ1) is 18.8. The number of carbonyl (C=O) groups excluding carboxylic acids is 1. The molecule has 28 heavy (non-hydrogen) atoms. The molecule has 140 valence electrons. The van der Waals surface area contributed by atoms with E-state index in [4.69, 9.17) is 5.26 Å². The number of anilines is 3. The van der Waals surface area contributed by atoms with E-state index in [0.717, 1.165) is 12.1 Å². The normalized spacial score (nSPS) is 10.8. The van der Waals surface area contributed by atoms with Gasteiger partial charge in [-0.1, -0.05) is 12.1 Å². The van der Waals surface area contributed by atoms with Gasteiger partial charge in [-0.25, -0.2) is 9.97 Å². The Labute approximate surface area is 157 Å². The van der Waals surface area contributed by atoms with Gasteiger partial charge in [0.05, 0.1) is 29.6 Å². The summed E-state index contributed by atoms with van der Waals surface area (Å²) in [7, 11) is 0. The van der Waals surface area contributed by atoms with E-state index >= 15 is 0 Å². The maximum Gasteiger partial charge on any atom is 0.416 e. The number of carbonyl (C=O) groups is 1. The van der Waals surface area contributed by atoms with Gasteiger partial charge >= 0.3 is 6.18 Å². The number of hydrogen-bond donors (Lipinski definition) is 2. The molecule has 2 N–H and O–H groups in total. The van der Waals surface area contributed by atoms with Crippen molar-refractivity contribution in [1.82, 2.24) is 9.97 Å². The van der Waals surface area contributed by atoms with Crippen molar-refractivity contribution in [3.05, 3.63) is 77.7 Å². The van der Waals surface area contributed by atoms with Crippen LogP contribution in [0.5, 0.6) is 0 Å². The second-order valence-electron chi connectivity index (χ2n) is 5.64. The van der Waals surface area contributed by atoms with Crippen LogP contribution in [0.2, 0.25) is 0 Å². The molecule has 0 radical (unpaired) electrons. The molecular weight excluding hydrogens is 371 g/mol. The first-order valence-corrected chi connectivity index (χ1v) is 7.93. The summed E-state index contributed by atoms with van der Waals surface area (Å²) in [5.41, 5.74) is 0.158. The highest BCUT2D eigenvalue weighted by Gasteiger charge is 2.30. The molecule has 0 aliphatic carbocycles. The maximum atomic E-state index is 12.7. The predicted molar refractivity (Wildman–Crippen MR) is 95.9 cm³/mol. The van der Waals surface area contributed by atoms with Gasteiger partial charge in [-0.05, 0) is 36.4 Å². The van der Waals surface area contributed by atoms with Gasteiger partial charge in [-0.15, -0.1) is 0 Å². The second kappa shape index (κ2) is 7.75. The molecule has 0 atom stereocenters. The fraction of sp³-hybridized carbons (Fsp3) is 0.0526. The minimum absolute atomic E-state index is 0.00264. The molecule has 0 saturated carbocycles. The van der Waals surface area contributed by atoms with Gasteiger partial charge in [0.1, 0.15) is 11.5 Å². The Morgan fingerprint density at radius 1 is 1.00 bits per heavy atom. The Hall–Kier alpha value is -3.93. The smallest absolute Gasteiger partial charge is 0.339 e. The van der Waals surface area contributed by atoms with Crippen LogP contribution in [0.25, 0.3) is 0 Å². The fourth-order valence-corrected chi connectivity index (χ4v) is 2.29. The Morgan fingerprint density at radius 3 is 2.43 bits per heavy atom. The molecule has 1 heterocycles. The number of halogens is 3. The molecule has 0 bridgehead atoms. The first-order valence-electron chi connectivity index (χ1n) is 7.93. The lowest BCUT2D eigenvalue weighted by atomic mass is 10.2. The molecule has 3 rings (SSSR count). The second-order valence-corrected chi connectivity index (χ2v) is 5.64. The summed E-state index contributed by atoms with van der Waals surface area (Å²) in [6, 6.07) is 13.0. The van der Waals surface area contributed by atoms with Crippen LogP contribution in [0, 0.1) is 11.3 Å². The average molecular weight is 383 g/mol. The largest absolute Gasteiger partial charge is 0.416 e. The number of hydrogen-bond acceptors (Lipinski definition) is 5. The summed E-state index contributed by atoms with van der Waals surface area (Å²) < 4.78 is 38.2. The lowest BCUT2D eigenvalue weighted by Gasteiger charge is -2.10. The van der Waals surface area contributed by atoms with E-state index in [9.17, 15) is 18.0 Å². The van der Waals surface area contributed by atoms with Crippen molar-refractivity contribution in [2.75, 3.05) is 10.6 Å². The van der Waals surface area contributed by atoms with Crippen LogP contribution in [0.4, 0.5) is 30.4 Å². The average Bonchev–Trinajstić information content (AvgIpc) is 2.68. The topological polar surface area (TPSA) is 90.7 Å². The summed E-state index contributed by atoms with van der Waals surface area (Å²) in [6.07, 6.45) is -2.00. The van der Waals surface area contributed by atoms with Crippen LogP contribution >= 0.6 is 0 Å². The third-order valence-corrected chi connectivity index (χ3v) is 3.60. The van der Waals surface area contributed by atoms with Crippen LogP contribution in [-0.4, -0.2) is 15.9 Å². The van der Waals surface area contributed by atoms with Crippen molar-refractivity contribution < 1.29 is 18.0 Å². The van der Waals surface area contributed by atoms with Crippen LogP contribution in [0.3, 0.4) is 0 Å². The molecule has 2 aromatic carbocycles. The van der Waals surface area contributed by atoms with E-state index in [2.05, 4.69) is 20.6 Å². The highest BCUT2D eigenvalue weighted by molar-refractivity contribution is 6.02. The quantitative estimate of drug-likeness (QED) is 0.698. The van der Waals surface area contributed by atoms with Crippen molar-refractivity contribution in [2.45, 2.75) is 6.18 Å². The highest BCUT2D eigenvalue weighted by atomic mass is 19.4. The van der Waals surface area contributed by atoms with Gasteiger partial charge in [0.15, 0.2) is 0 Å². The molecular formula is C19H12F3N5O. The van der Waals surface area contributed by atoms with Crippen molar-refractivity contribution in [1.29, 1.82) is 5.26 Å². The molecule has 3 aromatic rings. The molecule has 6 nitrogen and oxygen atoms in total. The Morgan fingerprint density at radius 2 is 1.75 bits per heavy atom. The van der Waals surface area contributed by atoms with Gasteiger partial charge in [-0.2, -0.15) is 18.4 Å². The number of nitrogens with one attached hydrogen (secondary N) is 2. The zero-order valence-corrected chi connectivity index (χ0v) is 14.2. The molecule has 0 aliphatic rings. The van der Waals surface area contributed by atoms with Crippen LogP contribution < -0.4 is 10.6 Å². The Balaban J connectivity index is 1.69. The van der Waals surface area contributed by atoms with E-state index in [1.165, 1.54) is 24.5 Å². The monoisotopic (exact) mass is 383 g/mol. The van der Waals surface area contributed by atoms with E-state index < -0.39 is 17.6 Å². The molecule has 0 spiro atoms. The zero-order chi connectivity index (χ0) is 20.1. The standard InChI is InChI=1S/C19H12F3N5O/c20-19(21,22)13-4-2-6-15(8-13)27-18(28)16-10-25-17(11-24-16)26-14-5-1-3-12(7-14)9-23/h1-8,10-11H,(H,25,26)(H,27,28). The van der Waals surface area contributed by atoms with Gasteiger partial charge in [0.2, 0.25) is 0 Å². The third kappa shape index (κ3) is 4.62. The minimum Gasteiger partial charge on any atom is -0.339 e. The van der Waals surface area contributed by atoms with E-state index in [1.807, 2.05) is 6.07 Å². The Bertz CT molecular complexity index is 1040. The van der Waals surface area contributed by atoms with Crippen molar-refractivity contribution in [3.8, 4) is 6.07 Å². The van der Waals surface area contributed by atoms with Crippen LogP contribution in [0.15, 0.2) is 60.9 Å². The van der Waals surface area contributed by atoms with Crippen molar-refractivity contribution in [2.24, 2.45) is 0 Å². The molecule has 1 amide bonds. The number of benzene rings is 2. The molecule has 0 aliphatic heterocycles. The number of amides is 1. The summed E-state index contributed by atoms with van der Waals surface area (Å²) in [4.78, 5) is 20.2. The van der Waals surface area contributed by atoms with Gasteiger partial charge in [0, 0.05) is 11.4 Å². The molecule has 9 heteroatoms. The number of alkyl halides is 3. The van der Waals surface area contributed by atoms with Gasteiger partial charge in [-0.3, -0.25) is 4.79 Å². The van der Waals surface area contributed by atoms with Crippen LogP contribution in [0.1, 0.15) is 21.6 Å². The zero-order valence-electron chi connectivity index (χ0n) is 14.2. The summed E-state index contributed by atoms with van der Waals surface area (Å²) in [5.74, 6) is -0.351. The lowest BCUT2D eigenvalue weighted by Crippen LogP contribution is -2.15. The highest BCUT2D eigenvalue weighted by Crippen LogP contribution is 2.30. The summed E-state index contributed by atoms with van der Waals surface area (Å²) >= 11 is 0. The summed E-state index contributed by atoms with van der Waals surface area (Å²) in [5, 5.41) is 14.2. The predicted octanol–water partition coefficient (Wildman–Crippen LogP) is 4.36. The SMILES string of the molecule is N#Cc1cccc(Nc2cnc(C(=O)Nc3cccc(C(F)(F)F)c3)cn2)c1. The third-order valence-electron chi connectivity index (χ3n) is 3.60. The lowest BCUT2D eigenvalue weighted by molar-refractivity contribution is -0.137. The van der Waals surface area contributed by atoms with Gasteiger partial charge < -0.3 is 10.6 Å². The molecule has 0 fully saturated rings. The summed E-state index contributed by atoms with van der Waals surface area (Å²) in [6.45, 7) is 0. The van der Waals surface area contributed by atoms with E-state index in [-0.39, 0.29) is 11.4 Å².